The fraction of sp³-hybridized carbons (Fsp3) is 0.818. The molecule has 0 aliphatic carbocycles. The maximum absolute atomic E-state index is 11.3. The van der Waals surface area contributed by atoms with Crippen molar-refractivity contribution < 1.29 is 9.59 Å². The quantitative estimate of drug-likeness (QED) is 0.548. The molecule has 100 valence electrons. The van der Waals surface area contributed by atoms with Gasteiger partial charge in [0.15, 0.2) is 0 Å². The van der Waals surface area contributed by atoms with Crippen LogP contribution in [0.3, 0.4) is 0 Å². The fourth-order valence-corrected chi connectivity index (χ4v) is 1.22. The molecule has 0 aromatic carbocycles. The highest BCUT2D eigenvalue weighted by Gasteiger charge is 2.11. The van der Waals surface area contributed by atoms with E-state index in [9.17, 15) is 9.59 Å². The zero-order chi connectivity index (χ0) is 13.4. The first-order valence-electron chi connectivity index (χ1n) is 5.82. The van der Waals surface area contributed by atoms with E-state index in [1.807, 2.05) is 11.9 Å². The van der Waals surface area contributed by atoms with Gasteiger partial charge in [-0.1, -0.05) is 13.8 Å². The molecule has 0 saturated heterocycles. The van der Waals surface area contributed by atoms with Gasteiger partial charge < -0.3 is 5.73 Å². The Morgan fingerprint density at radius 3 is 2.35 bits per heavy atom. The van der Waals surface area contributed by atoms with Crippen molar-refractivity contribution in [1.29, 1.82) is 0 Å². The van der Waals surface area contributed by atoms with Crippen LogP contribution in [0, 0.1) is 5.92 Å². The molecule has 6 heteroatoms. The van der Waals surface area contributed by atoms with Gasteiger partial charge in [-0.15, -0.1) is 0 Å². The molecule has 0 aromatic rings. The first kappa shape index (κ1) is 15.9. The highest BCUT2D eigenvalue weighted by atomic mass is 16.2. The summed E-state index contributed by atoms with van der Waals surface area (Å²) >= 11 is 0. The van der Waals surface area contributed by atoms with Crippen LogP contribution in [0.5, 0.6) is 0 Å². The number of nitrogens with two attached hydrogens (primary N) is 1. The van der Waals surface area contributed by atoms with Gasteiger partial charge in [0.25, 0.3) is 5.91 Å². The van der Waals surface area contributed by atoms with Gasteiger partial charge in [-0.05, 0) is 25.9 Å². The number of hydrazine groups is 1. The molecule has 0 saturated carbocycles. The van der Waals surface area contributed by atoms with Gasteiger partial charge in [0.1, 0.15) is 0 Å². The Balaban J connectivity index is 3.74. The first-order valence-corrected chi connectivity index (χ1v) is 5.82. The van der Waals surface area contributed by atoms with E-state index in [0.717, 1.165) is 13.0 Å². The van der Waals surface area contributed by atoms with Gasteiger partial charge >= 0.3 is 0 Å². The number of carbonyl (C=O) groups is 2. The Bertz CT molecular complexity index is 256. The van der Waals surface area contributed by atoms with Crippen LogP contribution in [0.2, 0.25) is 0 Å². The summed E-state index contributed by atoms with van der Waals surface area (Å²) in [6.07, 6.45) is 0.849. The van der Waals surface area contributed by atoms with Crippen LogP contribution in [-0.2, 0) is 9.59 Å². The average molecular weight is 244 g/mol. The summed E-state index contributed by atoms with van der Waals surface area (Å²) in [5, 5.41) is 0. The summed E-state index contributed by atoms with van der Waals surface area (Å²) in [6, 6.07) is 0.149. The molecule has 0 heterocycles. The zero-order valence-corrected chi connectivity index (χ0v) is 11.1. The number of rotatable bonds is 6. The molecule has 0 aromatic heterocycles. The number of amides is 2. The van der Waals surface area contributed by atoms with Gasteiger partial charge in [-0.25, -0.2) is 0 Å². The zero-order valence-electron chi connectivity index (χ0n) is 11.1. The Morgan fingerprint density at radius 1 is 1.29 bits per heavy atom. The average Bonchev–Trinajstić information content (AvgIpc) is 2.22. The number of nitrogens with zero attached hydrogens (tertiary/aromatic N) is 1. The third-order valence-corrected chi connectivity index (χ3v) is 2.49. The maximum Gasteiger partial charge on any atom is 0.252 e. The molecule has 0 spiro atoms. The van der Waals surface area contributed by atoms with Crippen LogP contribution in [-0.4, -0.2) is 42.9 Å². The molecule has 0 aliphatic rings. The van der Waals surface area contributed by atoms with Gasteiger partial charge in [-0.2, -0.15) is 0 Å². The number of nitrogens with one attached hydrogen (secondary N) is 2. The Hall–Kier alpha value is -1.14. The van der Waals surface area contributed by atoms with Crippen molar-refractivity contribution >= 4 is 11.8 Å². The molecule has 1 unspecified atom stereocenters. The lowest BCUT2D eigenvalue weighted by Crippen LogP contribution is -2.45. The summed E-state index contributed by atoms with van der Waals surface area (Å²) in [4.78, 5) is 23.8. The molecule has 4 N–H and O–H groups in total. The van der Waals surface area contributed by atoms with Crippen molar-refractivity contribution in [3.05, 3.63) is 0 Å². The summed E-state index contributed by atoms with van der Waals surface area (Å²) in [7, 11) is 1.85. The van der Waals surface area contributed by atoms with Crippen molar-refractivity contribution in [2.75, 3.05) is 20.1 Å². The minimum atomic E-state index is -0.289. The molecule has 2 amide bonds. The van der Waals surface area contributed by atoms with E-state index < -0.39 is 0 Å². The van der Waals surface area contributed by atoms with Gasteiger partial charge in [0.2, 0.25) is 5.91 Å². The topological polar surface area (TPSA) is 87.5 Å². The summed E-state index contributed by atoms with van der Waals surface area (Å²) < 4.78 is 0. The van der Waals surface area contributed by atoms with Crippen LogP contribution in [0.15, 0.2) is 0 Å². The molecule has 0 fully saturated rings. The number of carbonyl (C=O) groups excluding carboxylic acids is 2. The minimum absolute atomic E-state index is 0.149. The number of hydrogen-bond donors (Lipinski definition) is 3. The Morgan fingerprint density at radius 2 is 1.88 bits per heavy atom. The monoisotopic (exact) mass is 244 g/mol. The fourth-order valence-electron chi connectivity index (χ4n) is 1.22. The number of hydrogen-bond acceptors (Lipinski definition) is 4. The van der Waals surface area contributed by atoms with Crippen LogP contribution in [0.1, 0.15) is 27.2 Å². The SMILES string of the molecule is CC(=O)NNC(=O)CN(C)CCC(N)C(C)C. The van der Waals surface area contributed by atoms with Crippen LogP contribution in [0.25, 0.3) is 0 Å². The maximum atomic E-state index is 11.3. The normalized spacial score (nSPS) is 12.6. The summed E-state index contributed by atoms with van der Waals surface area (Å²) in [5.74, 6) is -0.0831. The third-order valence-electron chi connectivity index (χ3n) is 2.49. The van der Waals surface area contributed by atoms with Crippen LogP contribution >= 0.6 is 0 Å². The molecule has 0 radical (unpaired) electrons. The molecular weight excluding hydrogens is 220 g/mol. The summed E-state index contributed by atoms with van der Waals surface area (Å²) in [5.41, 5.74) is 10.5. The molecular formula is C11H24N4O2. The lowest BCUT2D eigenvalue weighted by Gasteiger charge is -2.20. The largest absolute Gasteiger partial charge is 0.327 e. The van der Waals surface area contributed by atoms with Gasteiger partial charge in [0.05, 0.1) is 6.54 Å². The molecule has 0 aliphatic heterocycles. The lowest BCUT2D eigenvalue weighted by molar-refractivity contribution is -0.128. The van der Waals surface area contributed by atoms with E-state index in [-0.39, 0.29) is 24.4 Å². The molecule has 0 bridgehead atoms. The van der Waals surface area contributed by atoms with Gasteiger partial charge in [-0.3, -0.25) is 25.3 Å². The Kier molecular flexibility index (Phi) is 7.49. The van der Waals surface area contributed by atoms with E-state index in [1.165, 1.54) is 6.92 Å². The van der Waals surface area contributed by atoms with Crippen molar-refractivity contribution in [3.63, 3.8) is 0 Å². The van der Waals surface area contributed by atoms with E-state index in [0.29, 0.717) is 5.92 Å². The Labute approximate surface area is 103 Å². The molecule has 6 nitrogen and oxygen atoms in total. The van der Waals surface area contributed by atoms with E-state index in [4.69, 9.17) is 5.73 Å². The second-order valence-electron chi connectivity index (χ2n) is 4.66. The number of likely N-dealkylation sites (N-methyl/N-ethyl adjacent to an activating group) is 1. The predicted octanol–water partition coefficient (Wildman–Crippen LogP) is -0.541. The lowest BCUT2D eigenvalue weighted by atomic mass is 10.0. The van der Waals surface area contributed by atoms with Gasteiger partial charge in [0, 0.05) is 13.0 Å². The molecule has 0 rings (SSSR count). The summed E-state index contributed by atoms with van der Waals surface area (Å²) in [6.45, 7) is 6.49. The van der Waals surface area contributed by atoms with E-state index >= 15 is 0 Å². The van der Waals surface area contributed by atoms with Crippen molar-refractivity contribution in [2.24, 2.45) is 11.7 Å². The minimum Gasteiger partial charge on any atom is -0.327 e. The first-order chi connectivity index (χ1) is 7.82. The van der Waals surface area contributed by atoms with Crippen LogP contribution in [0.4, 0.5) is 0 Å². The predicted molar refractivity (Wildman–Crippen MR) is 66.9 cm³/mol. The highest BCUT2D eigenvalue weighted by molar-refractivity contribution is 5.81. The molecule has 17 heavy (non-hydrogen) atoms. The van der Waals surface area contributed by atoms with E-state index in [2.05, 4.69) is 24.7 Å². The highest BCUT2D eigenvalue weighted by Crippen LogP contribution is 2.03. The standard InChI is InChI=1S/C11H24N4O2/c1-8(2)10(12)5-6-15(4)7-11(17)14-13-9(3)16/h8,10H,5-7,12H2,1-4H3,(H,13,16)(H,14,17). The van der Waals surface area contributed by atoms with Crippen LogP contribution < -0.4 is 16.6 Å². The van der Waals surface area contributed by atoms with E-state index in [1.54, 1.807) is 0 Å². The van der Waals surface area contributed by atoms with Crippen molar-refractivity contribution in [1.82, 2.24) is 15.8 Å². The smallest absolute Gasteiger partial charge is 0.252 e. The molecule has 1 atom stereocenters. The van der Waals surface area contributed by atoms with Crippen molar-refractivity contribution in [2.45, 2.75) is 33.2 Å². The third kappa shape index (κ3) is 8.65. The second-order valence-corrected chi connectivity index (χ2v) is 4.66. The van der Waals surface area contributed by atoms with Crippen molar-refractivity contribution in [3.8, 4) is 0 Å². The second kappa shape index (κ2) is 8.03.